The zero-order valence-corrected chi connectivity index (χ0v) is 13.7. The van der Waals surface area contributed by atoms with Crippen LogP contribution in [0.2, 0.25) is 0 Å². The molecule has 116 valence electrons. The van der Waals surface area contributed by atoms with E-state index in [9.17, 15) is 4.79 Å². The molecule has 1 aromatic rings. The molecule has 2 rings (SSSR count). The van der Waals surface area contributed by atoms with Crippen LogP contribution in [0, 0.1) is 5.41 Å². The standard InChI is InChI=1S/C18H27NO2/c1-17(2,3)21-16(20)19-12-10-18(4,11-13-19)14-15-8-6-5-7-9-15/h5-9H,10-14H2,1-4H3. The third-order valence-electron chi connectivity index (χ3n) is 4.10. The molecule has 3 nitrogen and oxygen atoms in total. The molecule has 0 atom stereocenters. The Hall–Kier alpha value is -1.51. The predicted octanol–water partition coefficient (Wildman–Crippen LogP) is 4.27. The molecule has 1 aliphatic heterocycles. The molecule has 1 heterocycles. The normalized spacial score (nSPS) is 18.4. The number of likely N-dealkylation sites (tertiary alicyclic amines) is 1. The van der Waals surface area contributed by atoms with E-state index in [2.05, 4.69) is 37.3 Å². The molecular weight excluding hydrogens is 262 g/mol. The van der Waals surface area contributed by atoms with Crippen LogP contribution in [0.5, 0.6) is 0 Å². The van der Waals surface area contributed by atoms with Crippen LogP contribution in [0.25, 0.3) is 0 Å². The fourth-order valence-corrected chi connectivity index (χ4v) is 2.82. The number of ether oxygens (including phenoxy) is 1. The van der Waals surface area contributed by atoms with Gasteiger partial charge in [-0.25, -0.2) is 4.79 Å². The third-order valence-corrected chi connectivity index (χ3v) is 4.10. The summed E-state index contributed by atoms with van der Waals surface area (Å²) in [4.78, 5) is 13.9. The van der Waals surface area contributed by atoms with Crippen molar-refractivity contribution in [1.82, 2.24) is 4.90 Å². The maximum absolute atomic E-state index is 12.1. The summed E-state index contributed by atoms with van der Waals surface area (Å²) >= 11 is 0. The Balaban J connectivity index is 1.89. The molecule has 3 heteroatoms. The first kappa shape index (κ1) is 15.9. The lowest BCUT2D eigenvalue weighted by molar-refractivity contribution is 0.0120. The van der Waals surface area contributed by atoms with Crippen molar-refractivity contribution >= 4 is 6.09 Å². The number of hydrogen-bond acceptors (Lipinski definition) is 2. The molecule has 0 bridgehead atoms. The molecule has 0 unspecified atom stereocenters. The molecular formula is C18H27NO2. The smallest absolute Gasteiger partial charge is 0.410 e. The SMILES string of the molecule is CC1(Cc2ccccc2)CCN(C(=O)OC(C)(C)C)CC1. The molecule has 0 spiro atoms. The van der Waals surface area contributed by atoms with Gasteiger partial charge < -0.3 is 9.64 Å². The van der Waals surface area contributed by atoms with Crippen LogP contribution in [0.1, 0.15) is 46.1 Å². The van der Waals surface area contributed by atoms with Gasteiger partial charge in [0, 0.05) is 13.1 Å². The number of nitrogens with zero attached hydrogens (tertiary/aromatic N) is 1. The molecule has 21 heavy (non-hydrogen) atoms. The first-order chi connectivity index (χ1) is 9.77. The average Bonchev–Trinajstić information content (AvgIpc) is 2.38. The fourth-order valence-electron chi connectivity index (χ4n) is 2.82. The highest BCUT2D eigenvalue weighted by Crippen LogP contribution is 2.34. The van der Waals surface area contributed by atoms with Gasteiger partial charge in [-0.2, -0.15) is 0 Å². The van der Waals surface area contributed by atoms with Crippen molar-refractivity contribution in [3.8, 4) is 0 Å². The quantitative estimate of drug-likeness (QED) is 0.814. The topological polar surface area (TPSA) is 29.5 Å². The van der Waals surface area contributed by atoms with Gasteiger partial charge in [0.05, 0.1) is 0 Å². The van der Waals surface area contributed by atoms with Crippen LogP contribution in [-0.2, 0) is 11.2 Å². The molecule has 0 N–H and O–H groups in total. The maximum atomic E-state index is 12.1. The highest BCUT2D eigenvalue weighted by atomic mass is 16.6. The van der Waals surface area contributed by atoms with Crippen LogP contribution >= 0.6 is 0 Å². The Morgan fingerprint density at radius 2 is 1.76 bits per heavy atom. The molecule has 1 aromatic carbocycles. The molecule has 0 radical (unpaired) electrons. The molecule has 1 aliphatic rings. The van der Waals surface area contributed by atoms with Crippen LogP contribution < -0.4 is 0 Å². The minimum Gasteiger partial charge on any atom is -0.444 e. The molecule has 1 fully saturated rings. The second-order valence-corrected chi connectivity index (χ2v) is 7.44. The lowest BCUT2D eigenvalue weighted by atomic mass is 9.76. The fraction of sp³-hybridized carbons (Fsp3) is 0.611. The van der Waals surface area contributed by atoms with Crippen molar-refractivity contribution in [1.29, 1.82) is 0 Å². The monoisotopic (exact) mass is 289 g/mol. The molecule has 0 aromatic heterocycles. The van der Waals surface area contributed by atoms with Gasteiger partial charge >= 0.3 is 6.09 Å². The minimum atomic E-state index is -0.415. The molecule has 1 amide bonds. The van der Waals surface area contributed by atoms with E-state index in [1.54, 1.807) is 0 Å². The van der Waals surface area contributed by atoms with Gasteiger partial charge in [-0.05, 0) is 51.0 Å². The van der Waals surface area contributed by atoms with Gasteiger partial charge in [-0.1, -0.05) is 37.3 Å². The Labute approximate surface area is 128 Å². The van der Waals surface area contributed by atoms with E-state index in [0.717, 1.165) is 32.4 Å². The summed E-state index contributed by atoms with van der Waals surface area (Å²) in [6, 6.07) is 10.6. The number of piperidine rings is 1. The second-order valence-electron chi connectivity index (χ2n) is 7.44. The summed E-state index contributed by atoms with van der Waals surface area (Å²) in [5.74, 6) is 0. The van der Waals surface area contributed by atoms with Crippen molar-refractivity contribution in [2.24, 2.45) is 5.41 Å². The van der Waals surface area contributed by atoms with Gasteiger partial charge in [0.1, 0.15) is 5.60 Å². The third kappa shape index (κ3) is 4.76. The first-order valence-electron chi connectivity index (χ1n) is 7.79. The van der Waals surface area contributed by atoms with E-state index in [1.807, 2.05) is 25.7 Å². The largest absolute Gasteiger partial charge is 0.444 e. The number of carbonyl (C=O) groups is 1. The summed E-state index contributed by atoms with van der Waals surface area (Å²) in [5.41, 5.74) is 1.24. The highest BCUT2D eigenvalue weighted by Gasteiger charge is 2.33. The Morgan fingerprint density at radius 3 is 2.29 bits per heavy atom. The van der Waals surface area contributed by atoms with Crippen molar-refractivity contribution in [3.05, 3.63) is 35.9 Å². The van der Waals surface area contributed by atoms with Crippen molar-refractivity contribution < 1.29 is 9.53 Å². The van der Waals surface area contributed by atoms with E-state index in [0.29, 0.717) is 0 Å². The number of hydrogen-bond donors (Lipinski definition) is 0. The molecule has 1 saturated heterocycles. The van der Waals surface area contributed by atoms with Crippen molar-refractivity contribution in [3.63, 3.8) is 0 Å². The van der Waals surface area contributed by atoms with Crippen LogP contribution in [-0.4, -0.2) is 29.7 Å². The average molecular weight is 289 g/mol. The highest BCUT2D eigenvalue weighted by molar-refractivity contribution is 5.68. The van der Waals surface area contributed by atoms with Crippen molar-refractivity contribution in [2.75, 3.05) is 13.1 Å². The second kappa shape index (κ2) is 6.08. The minimum absolute atomic E-state index is 0.177. The lowest BCUT2D eigenvalue weighted by Crippen LogP contribution is -2.45. The van der Waals surface area contributed by atoms with Gasteiger partial charge in [-0.15, -0.1) is 0 Å². The first-order valence-corrected chi connectivity index (χ1v) is 7.79. The summed E-state index contributed by atoms with van der Waals surface area (Å²) in [7, 11) is 0. The van der Waals surface area contributed by atoms with Gasteiger partial charge in [0.15, 0.2) is 0 Å². The number of benzene rings is 1. The Bertz CT molecular complexity index is 468. The van der Waals surface area contributed by atoms with Crippen molar-refractivity contribution in [2.45, 2.75) is 52.6 Å². The molecule has 0 aliphatic carbocycles. The summed E-state index contributed by atoms with van der Waals surface area (Å²) < 4.78 is 5.45. The van der Waals surface area contributed by atoms with E-state index < -0.39 is 5.60 Å². The van der Waals surface area contributed by atoms with Crippen LogP contribution in [0.15, 0.2) is 30.3 Å². The maximum Gasteiger partial charge on any atom is 0.410 e. The van der Waals surface area contributed by atoms with E-state index in [1.165, 1.54) is 5.56 Å². The number of carbonyl (C=O) groups excluding carboxylic acids is 1. The lowest BCUT2D eigenvalue weighted by Gasteiger charge is -2.40. The Morgan fingerprint density at radius 1 is 1.19 bits per heavy atom. The summed E-state index contributed by atoms with van der Waals surface area (Å²) in [6.07, 6.45) is 2.96. The number of rotatable bonds is 2. The van der Waals surface area contributed by atoms with E-state index in [4.69, 9.17) is 4.74 Å². The summed E-state index contributed by atoms with van der Waals surface area (Å²) in [6.45, 7) is 9.64. The molecule has 0 saturated carbocycles. The van der Waals surface area contributed by atoms with Crippen LogP contribution in [0.3, 0.4) is 0 Å². The zero-order chi connectivity index (χ0) is 15.5. The Kier molecular flexibility index (Phi) is 4.60. The van der Waals surface area contributed by atoms with Gasteiger partial charge in [0.25, 0.3) is 0 Å². The predicted molar refractivity (Wildman–Crippen MR) is 85.3 cm³/mol. The summed E-state index contributed by atoms with van der Waals surface area (Å²) in [5, 5.41) is 0. The van der Waals surface area contributed by atoms with Gasteiger partial charge in [0.2, 0.25) is 0 Å². The van der Waals surface area contributed by atoms with Crippen LogP contribution in [0.4, 0.5) is 4.79 Å². The van der Waals surface area contributed by atoms with E-state index >= 15 is 0 Å². The zero-order valence-electron chi connectivity index (χ0n) is 13.7. The van der Waals surface area contributed by atoms with Gasteiger partial charge in [-0.3, -0.25) is 0 Å². The van der Waals surface area contributed by atoms with E-state index in [-0.39, 0.29) is 11.5 Å². The number of amides is 1.